The fraction of sp³-hybridized carbons (Fsp3) is 0.333. The summed E-state index contributed by atoms with van der Waals surface area (Å²) >= 11 is 0. The van der Waals surface area contributed by atoms with Crippen LogP contribution in [0.5, 0.6) is 0 Å². The Hall–Kier alpha value is -2.61. The molecule has 1 atom stereocenters. The van der Waals surface area contributed by atoms with Gasteiger partial charge in [-0.15, -0.1) is 24.0 Å². The molecule has 0 aliphatic carbocycles. The van der Waals surface area contributed by atoms with Gasteiger partial charge in [0, 0.05) is 44.4 Å². The Balaban J connectivity index is 0.00000385. The first-order valence-electron chi connectivity index (χ1n) is 11.5. The number of rotatable bonds is 11. The fourth-order valence-electron chi connectivity index (χ4n) is 3.71. The average molecular weight is 559 g/mol. The minimum Gasteiger partial charge on any atom is -0.357 e. The number of unbranched alkanes of at least 4 members (excludes halogenated alkanes) is 1. The lowest BCUT2D eigenvalue weighted by molar-refractivity contribution is 0.585. The van der Waals surface area contributed by atoms with Crippen molar-refractivity contribution in [2.24, 2.45) is 4.99 Å². The van der Waals surface area contributed by atoms with Gasteiger partial charge in [0.15, 0.2) is 5.96 Å². The lowest BCUT2D eigenvalue weighted by Crippen LogP contribution is -2.38. The lowest BCUT2D eigenvalue weighted by Gasteiger charge is -2.17. The summed E-state index contributed by atoms with van der Waals surface area (Å²) in [5.41, 5.74) is 2.69. The largest absolute Gasteiger partial charge is 0.357 e. The standard InChI is InChI=1S/C27H34N4O.HI/c1-2-28-27(29-18-10-12-20-31-19-11-9-17-26(31)32)30-22-25(24-15-7-4-8-16-24)21-23-13-5-3-6-14-23;/h3-9,11,13-17,19,25H,2,10,12,18,20-22H2,1H3,(H2,28,29,30);1H. The molecule has 0 radical (unpaired) electrons. The van der Waals surface area contributed by atoms with E-state index in [9.17, 15) is 4.79 Å². The van der Waals surface area contributed by atoms with Crippen LogP contribution >= 0.6 is 24.0 Å². The summed E-state index contributed by atoms with van der Waals surface area (Å²) in [4.78, 5) is 16.7. The molecule has 6 heteroatoms. The highest BCUT2D eigenvalue weighted by atomic mass is 127. The number of pyridine rings is 1. The molecule has 0 spiro atoms. The van der Waals surface area contributed by atoms with Crippen LogP contribution in [0.25, 0.3) is 0 Å². The molecule has 176 valence electrons. The van der Waals surface area contributed by atoms with Crippen LogP contribution in [-0.2, 0) is 13.0 Å². The van der Waals surface area contributed by atoms with Gasteiger partial charge >= 0.3 is 0 Å². The second-order valence-corrected chi connectivity index (χ2v) is 7.88. The number of aryl methyl sites for hydroxylation is 1. The van der Waals surface area contributed by atoms with Gasteiger partial charge in [0.2, 0.25) is 5.56 Å². The van der Waals surface area contributed by atoms with Gasteiger partial charge in [-0.25, -0.2) is 0 Å². The Morgan fingerprint density at radius 3 is 2.30 bits per heavy atom. The number of guanidine groups is 1. The van der Waals surface area contributed by atoms with E-state index in [4.69, 9.17) is 4.99 Å². The van der Waals surface area contributed by atoms with E-state index in [0.29, 0.717) is 12.5 Å². The van der Waals surface area contributed by atoms with E-state index < -0.39 is 0 Å². The topological polar surface area (TPSA) is 58.4 Å². The molecule has 2 N–H and O–H groups in total. The van der Waals surface area contributed by atoms with Crippen molar-refractivity contribution in [3.63, 3.8) is 0 Å². The summed E-state index contributed by atoms with van der Waals surface area (Å²) in [6.07, 6.45) is 4.71. The maximum atomic E-state index is 11.8. The highest BCUT2D eigenvalue weighted by Crippen LogP contribution is 2.21. The molecule has 1 unspecified atom stereocenters. The van der Waals surface area contributed by atoms with Crippen LogP contribution in [0.2, 0.25) is 0 Å². The molecular weight excluding hydrogens is 523 g/mol. The third kappa shape index (κ3) is 9.42. The molecule has 0 amide bonds. The second-order valence-electron chi connectivity index (χ2n) is 7.88. The van der Waals surface area contributed by atoms with Gasteiger partial charge in [-0.2, -0.15) is 0 Å². The number of benzene rings is 2. The zero-order valence-corrected chi connectivity index (χ0v) is 21.7. The SMILES string of the molecule is CCNC(=NCC(Cc1ccccc1)c1ccccc1)NCCCCn1ccccc1=O.I. The molecule has 33 heavy (non-hydrogen) atoms. The third-order valence-corrected chi connectivity index (χ3v) is 5.43. The molecule has 1 heterocycles. The van der Waals surface area contributed by atoms with Crippen LogP contribution in [0.15, 0.2) is 94.8 Å². The zero-order chi connectivity index (χ0) is 22.4. The van der Waals surface area contributed by atoms with Gasteiger partial charge in [-0.05, 0) is 43.4 Å². The van der Waals surface area contributed by atoms with Crippen molar-refractivity contribution in [2.45, 2.75) is 38.6 Å². The van der Waals surface area contributed by atoms with Gasteiger partial charge in [0.25, 0.3) is 0 Å². The van der Waals surface area contributed by atoms with Gasteiger partial charge in [0.05, 0.1) is 0 Å². The van der Waals surface area contributed by atoms with Crippen LogP contribution in [0.1, 0.15) is 36.8 Å². The van der Waals surface area contributed by atoms with E-state index in [1.807, 2.05) is 12.3 Å². The Labute approximate surface area is 214 Å². The monoisotopic (exact) mass is 558 g/mol. The summed E-state index contributed by atoms with van der Waals surface area (Å²) in [7, 11) is 0. The minimum atomic E-state index is 0. The van der Waals surface area contributed by atoms with Gasteiger partial charge in [0.1, 0.15) is 0 Å². The van der Waals surface area contributed by atoms with Crippen molar-refractivity contribution < 1.29 is 0 Å². The van der Waals surface area contributed by atoms with E-state index in [0.717, 1.165) is 44.9 Å². The first-order chi connectivity index (χ1) is 15.8. The number of aromatic nitrogens is 1. The average Bonchev–Trinajstić information content (AvgIpc) is 2.83. The molecule has 2 aromatic carbocycles. The lowest BCUT2D eigenvalue weighted by atomic mass is 9.92. The van der Waals surface area contributed by atoms with Crippen molar-refractivity contribution in [3.05, 3.63) is 107 Å². The summed E-state index contributed by atoms with van der Waals surface area (Å²) in [5, 5.41) is 6.80. The predicted octanol–water partition coefficient (Wildman–Crippen LogP) is 4.83. The maximum Gasteiger partial charge on any atom is 0.250 e. The highest BCUT2D eigenvalue weighted by molar-refractivity contribution is 14.0. The predicted molar refractivity (Wildman–Crippen MR) is 149 cm³/mol. The molecule has 0 saturated heterocycles. The number of aliphatic imine (C=N–C) groups is 1. The first-order valence-corrected chi connectivity index (χ1v) is 11.5. The van der Waals surface area contributed by atoms with Crippen molar-refractivity contribution in [1.29, 1.82) is 0 Å². The maximum absolute atomic E-state index is 11.8. The van der Waals surface area contributed by atoms with E-state index in [-0.39, 0.29) is 29.5 Å². The molecule has 5 nitrogen and oxygen atoms in total. The third-order valence-electron chi connectivity index (χ3n) is 5.43. The molecule has 0 fully saturated rings. The molecule has 0 bridgehead atoms. The van der Waals surface area contributed by atoms with Crippen molar-refractivity contribution in [2.75, 3.05) is 19.6 Å². The Morgan fingerprint density at radius 1 is 0.909 bits per heavy atom. The van der Waals surface area contributed by atoms with Gasteiger partial charge in [-0.3, -0.25) is 9.79 Å². The molecule has 0 aliphatic heterocycles. The van der Waals surface area contributed by atoms with E-state index in [2.05, 4.69) is 78.2 Å². The fourth-order valence-corrected chi connectivity index (χ4v) is 3.71. The van der Waals surface area contributed by atoms with Gasteiger partial charge in [-0.1, -0.05) is 66.7 Å². The molecule has 0 saturated carbocycles. The van der Waals surface area contributed by atoms with E-state index >= 15 is 0 Å². The summed E-state index contributed by atoms with van der Waals surface area (Å²) < 4.78 is 1.76. The normalized spacial score (nSPS) is 12.0. The highest BCUT2D eigenvalue weighted by Gasteiger charge is 2.12. The minimum absolute atomic E-state index is 0. The molecular formula is C27H35IN4O. The number of halogens is 1. The Bertz CT molecular complexity index is 1010. The number of nitrogens with one attached hydrogen (secondary N) is 2. The number of hydrogen-bond acceptors (Lipinski definition) is 2. The second kappa shape index (κ2) is 15.3. The van der Waals surface area contributed by atoms with Crippen molar-refractivity contribution in [3.8, 4) is 0 Å². The first kappa shape index (κ1) is 26.6. The molecule has 3 aromatic rings. The molecule has 0 aliphatic rings. The quantitative estimate of drug-likeness (QED) is 0.154. The molecule has 3 rings (SSSR count). The van der Waals surface area contributed by atoms with Gasteiger partial charge < -0.3 is 15.2 Å². The molecule has 1 aromatic heterocycles. The summed E-state index contributed by atoms with van der Waals surface area (Å²) in [6, 6.07) is 26.5. The summed E-state index contributed by atoms with van der Waals surface area (Å²) in [5.74, 6) is 1.16. The zero-order valence-electron chi connectivity index (χ0n) is 19.3. The number of nitrogens with zero attached hydrogens (tertiary/aromatic N) is 2. The van der Waals surface area contributed by atoms with Crippen LogP contribution in [0.3, 0.4) is 0 Å². The Morgan fingerprint density at radius 2 is 1.61 bits per heavy atom. The van der Waals surface area contributed by atoms with Crippen LogP contribution in [0, 0.1) is 0 Å². The van der Waals surface area contributed by atoms with Crippen molar-refractivity contribution in [1.82, 2.24) is 15.2 Å². The van der Waals surface area contributed by atoms with Crippen molar-refractivity contribution >= 4 is 29.9 Å². The van der Waals surface area contributed by atoms with Crippen LogP contribution < -0.4 is 16.2 Å². The van der Waals surface area contributed by atoms with Crippen LogP contribution in [0.4, 0.5) is 0 Å². The van der Waals surface area contributed by atoms with Crippen LogP contribution in [-0.4, -0.2) is 30.2 Å². The number of hydrogen-bond donors (Lipinski definition) is 2. The smallest absolute Gasteiger partial charge is 0.250 e. The van der Waals surface area contributed by atoms with E-state index in [1.165, 1.54) is 11.1 Å². The van der Waals surface area contributed by atoms with E-state index in [1.54, 1.807) is 16.7 Å². The summed E-state index contributed by atoms with van der Waals surface area (Å²) in [6.45, 7) is 5.18. The Kier molecular flexibility index (Phi) is 12.3.